The van der Waals surface area contributed by atoms with Crippen molar-refractivity contribution in [2.45, 2.75) is 12.6 Å². The molecule has 1 aliphatic heterocycles. The fraction of sp³-hybridized carbons (Fsp3) is 0.545. The van der Waals surface area contributed by atoms with Crippen molar-refractivity contribution in [3.8, 4) is 0 Å². The summed E-state index contributed by atoms with van der Waals surface area (Å²) < 4.78 is 0. The van der Waals surface area contributed by atoms with Crippen LogP contribution in [0.25, 0.3) is 0 Å². The molecular weight excluding hydrogens is 238 g/mol. The number of carbonyl (C=O) groups is 1. The monoisotopic (exact) mass is 255 g/mol. The van der Waals surface area contributed by atoms with E-state index in [0.717, 1.165) is 5.56 Å². The third kappa shape index (κ3) is 2.84. The SMILES string of the molecule is NCc1ccsc1C(=O)N1CCNCC(O)C1. The molecule has 5 nitrogen and oxygen atoms in total. The van der Waals surface area contributed by atoms with E-state index in [9.17, 15) is 9.90 Å². The number of nitrogens with one attached hydrogen (secondary N) is 1. The number of hydrogen-bond acceptors (Lipinski definition) is 5. The van der Waals surface area contributed by atoms with E-state index in [4.69, 9.17) is 5.73 Å². The van der Waals surface area contributed by atoms with Gasteiger partial charge in [-0.15, -0.1) is 11.3 Å². The molecule has 1 unspecified atom stereocenters. The number of aliphatic hydroxyl groups is 1. The van der Waals surface area contributed by atoms with E-state index in [1.807, 2.05) is 11.4 Å². The molecule has 94 valence electrons. The van der Waals surface area contributed by atoms with Gasteiger partial charge < -0.3 is 21.1 Å². The van der Waals surface area contributed by atoms with Gasteiger partial charge in [-0.3, -0.25) is 4.79 Å². The lowest BCUT2D eigenvalue weighted by molar-refractivity contribution is 0.0677. The Balaban J connectivity index is 2.13. The van der Waals surface area contributed by atoms with Crippen molar-refractivity contribution < 1.29 is 9.90 Å². The minimum atomic E-state index is -0.497. The van der Waals surface area contributed by atoms with E-state index in [2.05, 4.69) is 5.32 Å². The molecule has 0 radical (unpaired) electrons. The minimum Gasteiger partial charge on any atom is -0.390 e. The first kappa shape index (κ1) is 12.5. The molecule has 1 fully saturated rings. The first-order valence-corrected chi connectivity index (χ1v) is 6.55. The molecule has 0 spiro atoms. The molecule has 2 heterocycles. The van der Waals surface area contributed by atoms with Crippen LogP contribution in [0.15, 0.2) is 11.4 Å². The Kier molecular flexibility index (Phi) is 4.11. The van der Waals surface area contributed by atoms with Crippen molar-refractivity contribution in [3.05, 3.63) is 21.9 Å². The van der Waals surface area contributed by atoms with E-state index >= 15 is 0 Å². The van der Waals surface area contributed by atoms with Crippen molar-refractivity contribution in [1.29, 1.82) is 0 Å². The summed E-state index contributed by atoms with van der Waals surface area (Å²) in [5.74, 6) is -0.0248. The normalized spacial score (nSPS) is 21.3. The Morgan fingerprint density at radius 2 is 2.53 bits per heavy atom. The average Bonchev–Trinajstić information content (AvgIpc) is 2.70. The van der Waals surface area contributed by atoms with Gasteiger partial charge in [0.05, 0.1) is 11.0 Å². The molecular formula is C11H17N3O2S. The number of aliphatic hydroxyl groups excluding tert-OH is 1. The molecule has 0 aromatic carbocycles. The van der Waals surface area contributed by atoms with Crippen molar-refractivity contribution >= 4 is 17.2 Å². The molecule has 1 saturated heterocycles. The molecule has 1 aromatic heterocycles. The van der Waals surface area contributed by atoms with Crippen LogP contribution in [0.3, 0.4) is 0 Å². The first-order valence-electron chi connectivity index (χ1n) is 5.67. The van der Waals surface area contributed by atoms with Gasteiger partial charge in [-0.1, -0.05) is 0 Å². The van der Waals surface area contributed by atoms with Crippen LogP contribution in [-0.4, -0.2) is 48.2 Å². The third-order valence-electron chi connectivity index (χ3n) is 2.82. The molecule has 0 aliphatic carbocycles. The molecule has 1 aromatic rings. The van der Waals surface area contributed by atoms with Gasteiger partial charge in [0.1, 0.15) is 0 Å². The van der Waals surface area contributed by atoms with Crippen LogP contribution >= 0.6 is 11.3 Å². The fourth-order valence-corrected chi connectivity index (χ4v) is 2.81. The lowest BCUT2D eigenvalue weighted by atomic mass is 10.2. The summed E-state index contributed by atoms with van der Waals surface area (Å²) in [6.45, 7) is 2.63. The maximum atomic E-state index is 12.3. The third-order valence-corrected chi connectivity index (χ3v) is 3.76. The summed E-state index contributed by atoms with van der Waals surface area (Å²) >= 11 is 1.41. The van der Waals surface area contributed by atoms with Gasteiger partial charge in [0.25, 0.3) is 5.91 Å². The molecule has 0 saturated carbocycles. The summed E-state index contributed by atoms with van der Waals surface area (Å²) in [5, 5.41) is 14.6. The number of thiophene rings is 1. The van der Waals surface area contributed by atoms with E-state index < -0.39 is 6.10 Å². The lowest BCUT2D eigenvalue weighted by Crippen LogP contribution is -2.37. The first-order chi connectivity index (χ1) is 8.22. The van der Waals surface area contributed by atoms with Crippen LogP contribution in [0.1, 0.15) is 15.2 Å². The number of nitrogens with two attached hydrogens (primary N) is 1. The molecule has 1 atom stereocenters. The van der Waals surface area contributed by atoms with Crippen LogP contribution in [0.5, 0.6) is 0 Å². The summed E-state index contributed by atoms with van der Waals surface area (Å²) in [4.78, 5) is 14.7. The summed E-state index contributed by atoms with van der Waals surface area (Å²) in [6, 6.07) is 1.88. The second-order valence-corrected chi connectivity index (χ2v) is 5.00. The number of carbonyl (C=O) groups excluding carboxylic acids is 1. The zero-order valence-corrected chi connectivity index (χ0v) is 10.4. The number of rotatable bonds is 2. The summed E-state index contributed by atoms with van der Waals surface area (Å²) in [5.41, 5.74) is 6.48. The van der Waals surface area contributed by atoms with E-state index in [1.54, 1.807) is 4.90 Å². The Morgan fingerprint density at radius 1 is 1.71 bits per heavy atom. The second-order valence-electron chi connectivity index (χ2n) is 4.09. The van der Waals surface area contributed by atoms with Gasteiger partial charge >= 0.3 is 0 Å². The van der Waals surface area contributed by atoms with Gasteiger partial charge in [0, 0.05) is 32.7 Å². The Morgan fingerprint density at radius 3 is 3.29 bits per heavy atom. The number of nitrogens with zero attached hydrogens (tertiary/aromatic N) is 1. The van der Waals surface area contributed by atoms with Crippen LogP contribution < -0.4 is 11.1 Å². The van der Waals surface area contributed by atoms with Crippen LogP contribution in [0.2, 0.25) is 0 Å². The molecule has 17 heavy (non-hydrogen) atoms. The number of β-amino-alcohol motifs (C(OH)–C–C–N with tert-alkyl or cyclic N) is 1. The minimum absolute atomic E-state index is 0.0248. The number of hydrogen-bond donors (Lipinski definition) is 3. The van der Waals surface area contributed by atoms with E-state index in [0.29, 0.717) is 37.6 Å². The summed E-state index contributed by atoms with van der Waals surface area (Å²) in [7, 11) is 0. The van der Waals surface area contributed by atoms with E-state index in [1.165, 1.54) is 11.3 Å². The quantitative estimate of drug-likeness (QED) is 0.673. The smallest absolute Gasteiger partial charge is 0.264 e. The second kappa shape index (κ2) is 5.59. The Hall–Kier alpha value is -0.950. The van der Waals surface area contributed by atoms with Crippen LogP contribution in [0, 0.1) is 0 Å². The summed E-state index contributed by atoms with van der Waals surface area (Å²) in [6.07, 6.45) is -0.497. The average molecular weight is 255 g/mol. The molecule has 6 heteroatoms. The molecule has 4 N–H and O–H groups in total. The topological polar surface area (TPSA) is 78.6 Å². The molecule has 0 bridgehead atoms. The van der Waals surface area contributed by atoms with Gasteiger partial charge in [0.15, 0.2) is 0 Å². The largest absolute Gasteiger partial charge is 0.390 e. The highest BCUT2D eigenvalue weighted by molar-refractivity contribution is 7.12. The van der Waals surface area contributed by atoms with Gasteiger partial charge in [-0.05, 0) is 17.0 Å². The van der Waals surface area contributed by atoms with Gasteiger partial charge in [-0.25, -0.2) is 0 Å². The standard InChI is InChI=1S/C11H17N3O2S/c12-5-8-1-4-17-10(8)11(16)14-3-2-13-6-9(15)7-14/h1,4,9,13,15H,2-3,5-7,12H2. The van der Waals surface area contributed by atoms with Crippen LogP contribution in [-0.2, 0) is 6.54 Å². The van der Waals surface area contributed by atoms with Gasteiger partial charge in [0.2, 0.25) is 0 Å². The van der Waals surface area contributed by atoms with Crippen molar-refractivity contribution in [3.63, 3.8) is 0 Å². The predicted octanol–water partition coefficient (Wildman–Crippen LogP) is -0.387. The maximum Gasteiger partial charge on any atom is 0.264 e. The lowest BCUT2D eigenvalue weighted by Gasteiger charge is -2.21. The highest BCUT2D eigenvalue weighted by atomic mass is 32.1. The number of amides is 1. The van der Waals surface area contributed by atoms with Crippen molar-refractivity contribution in [1.82, 2.24) is 10.2 Å². The van der Waals surface area contributed by atoms with Crippen molar-refractivity contribution in [2.75, 3.05) is 26.2 Å². The van der Waals surface area contributed by atoms with Gasteiger partial charge in [-0.2, -0.15) is 0 Å². The van der Waals surface area contributed by atoms with Crippen molar-refractivity contribution in [2.24, 2.45) is 5.73 Å². The molecule has 2 rings (SSSR count). The van der Waals surface area contributed by atoms with Crippen LogP contribution in [0.4, 0.5) is 0 Å². The van der Waals surface area contributed by atoms with E-state index in [-0.39, 0.29) is 5.91 Å². The Labute approximate surface area is 104 Å². The maximum absolute atomic E-state index is 12.3. The molecule has 1 aliphatic rings. The highest BCUT2D eigenvalue weighted by Gasteiger charge is 2.23. The molecule has 1 amide bonds. The Bertz CT molecular complexity index is 394. The zero-order valence-electron chi connectivity index (χ0n) is 9.56. The zero-order chi connectivity index (χ0) is 12.3. The fourth-order valence-electron chi connectivity index (χ4n) is 1.91. The predicted molar refractivity (Wildman–Crippen MR) is 67.0 cm³/mol. The highest BCUT2D eigenvalue weighted by Crippen LogP contribution is 2.19.